The summed E-state index contributed by atoms with van der Waals surface area (Å²) in [6, 6.07) is 5.11. The van der Waals surface area contributed by atoms with Crippen molar-refractivity contribution >= 4 is 35.3 Å². The van der Waals surface area contributed by atoms with E-state index in [1.54, 1.807) is 58.2 Å². The molecular weight excluding hydrogens is 504 g/mol. The Bertz CT molecular complexity index is 1440. The van der Waals surface area contributed by atoms with Crippen molar-refractivity contribution in [3.05, 3.63) is 53.4 Å². The Balaban J connectivity index is 1.57. The molecular formula is C27H30N6O6. The maximum atomic E-state index is 12.8. The van der Waals surface area contributed by atoms with Crippen molar-refractivity contribution in [2.75, 3.05) is 25.1 Å². The highest BCUT2D eigenvalue weighted by Crippen LogP contribution is 2.35. The molecule has 12 heteroatoms. The molecule has 4 heterocycles. The van der Waals surface area contributed by atoms with Crippen LogP contribution in [0.2, 0.25) is 0 Å². The van der Waals surface area contributed by atoms with Crippen molar-refractivity contribution in [1.29, 1.82) is 0 Å². The van der Waals surface area contributed by atoms with Crippen LogP contribution in [-0.4, -0.2) is 63.3 Å². The monoisotopic (exact) mass is 534 g/mol. The number of esters is 1. The third-order valence-corrected chi connectivity index (χ3v) is 5.37. The summed E-state index contributed by atoms with van der Waals surface area (Å²) in [6.45, 7) is 9.43. The molecule has 0 saturated carbocycles. The zero-order valence-electron chi connectivity index (χ0n) is 22.4. The van der Waals surface area contributed by atoms with Crippen LogP contribution in [0.15, 0.2) is 30.7 Å². The Kier molecular flexibility index (Phi) is 7.93. The van der Waals surface area contributed by atoms with Gasteiger partial charge in [0.1, 0.15) is 24.2 Å². The van der Waals surface area contributed by atoms with E-state index in [2.05, 4.69) is 25.6 Å². The number of amides is 2. The maximum absolute atomic E-state index is 12.8. The predicted octanol–water partition coefficient (Wildman–Crippen LogP) is 3.75. The number of pyridine rings is 1. The number of aryl methyl sites for hydroxylation is 1. The summed E-state index contributed by atoms with van der Waals surface area (Å²) in [5.41, 5.74) is 3.09. The zero-order valence-corrected chi connectivity index (χ0v) is 22.4. The topological polar surface area (TPSA) is 157 Å². The van der Waals surface area contributed by atoms with Crippen molar-refractivity contribution in [2.45, 2.75) is 40.2 Å². The molecule has 3 aromatic heterocycles. The number of aromatic nitrogens is 4. The van der Waals surface area contributed by atoms with Gasteiger partial charge in [-0.1, -0.05) is 0 Å². The third kappa shape index (κ3) is 6.58. The van der Waals surface area contributed by atoms with Crippen LogP contribution in [0.5, 0.6) is 5.88 Å². The number of ether oxygens (including phenoxy) is 3. The van der Waals surface area contributed by atoms with Crippen LogP contribution in [0.25, 0.3) is 22.9 Å². The summed E-state index contributed by atoms with van der Waals surface area (Å²) in [7, 11) is 0. The lowest BCUT2D eigenvalue weighted by Crippen LogP contribution is -2.34. The second kappa shape index (κ2) is 11.3. The van der Waals surface area contributed by atoms with Gasteiger partial charge in [0.15, 0.2) is 0 Å². The Hall–Kier alpha value is -4.74. The molecule has 3 aromatic rings. The summed E-state index contributed by atoms with van der Waals surface area (Å²) < 4.78 is 16.1. The van der Waals surface area contributed by atoms with Gasteiger partial charge in [0.05, 0.1) is 46.9 Å². The van der Waals surface area contributed by atoms with Gasteiger partial charge >= 0.3 is 12.1 Å². The van der Waals surface area contributed by atoms with Gasteiger partial charge in [0.25, 0.3) is 5.91 Å². The Morgan fingerprint density at radius 2 is 2.00 bits per heavy atom. The number of fused-ring (bicyclic) bond motifs is 1. The lowest BCUT2D eigenvalue weighted by atomic mass is 10.1. The number of nitrogens with zero attached hydrogens (tertiary/aromatic N) is 3. The van der Waals surface area contributed by atoms with Gasteiger partial charge in [-0.2, -0.15) is 0 Å². The number of anilines is 1. The number of alkyl carbamates (subject to hydrolysis) is 1. The summed E-state index contributed by atoms with van der Waals surface area (Å²) in [4.78, 5) is 53.2. The molecule has 0 saturated heterocycles. The highest BCUT2D eigenvalue weighted by atomic mass is 16.6. The largest absolute Gasteiger partial charge is 0.475 e. The molecule has 204 valence electrons. The summed E-state index contributed by atoms with van der Waals surface area (Å²) in [5.74, 6) is -0.583. The van der Waals surface area contributed by atoms with Crippen LogP contribution in [0.3, 0.4) is 0 Å². The molecule has 4 rings (SSSR count). The molecule has 2 amide bonds. The maximum Gasteiger partial charge on any atom is 0.407 e. The van der Waals surface area contributed by atoms with Crippen LogP contribution in [0, 0.1) is 6.92 Å². The standard InChI is InChI=1S/C27H30N6O6/c1-6-37-25(35)16-11-15(2)31-21(16)12-17-22-20(33-23(17)34)8-7-19(32-22)18-13-28-14-30-24(18)38-10-9-29-26(36)39-27(3,4)5/h7-8,11-14,31H,6,9-10H2,1-5H3,(H,29,36)(H,33,34)/b17-12-. The van der Waals surface area contributed by atoms with Crippen molar-refractivity contribution in [3.8, 4) is 17.1 Å². The highest BCUT2D eigenvalue weighted by Gasteiger charge is 2.28. The van der Waals surface area contributed by atoms with Crippen molar-refractivity contribution in [1.82, 2.24) is 25.3 Å². The third-order valence-electron chi connectivity index (χ3n) is 5.37. The summed E-state index contributed by atoms with van der Waals surface area (Å²) in [5, 5.41) is 5.42. The fourth-order valence-electron chi connectivity index (χ4n) is 3.82. The minimum absolute atomic E-state index is 0.127. The SMILES string of the molecule is CCOC(=O)c1cc(C)[nH]c1/C=C1\C(=O)Nc2ccc(-c3cncnc3OCCNC(=O)OC(C)(C)C)nc21. The van der Waals surface area contributed by atoms with E-state index < -0.39 is 17.7 Å². The number of rotatable bonds is 8. The molecule has 1 aliphatic heterocycles. The van der Waals surface area contributed by atoms with Crippen molar-refractivity contribution < 1.29 is 28.6 Å². The first kappa shape index (κ1) is 27.3. The molecule has 0 bridgehead atoms. The highest BCUT2D eigenvalue weighted by molar-refractivity contribution is 6.34. The van der Waals surface area contributed by atoms with Gasteiger partial charge in [0, 0.05) is 11.9 Å². The Morgan fingerprint density at radius 1 is 1.21 bits per heavy atom. The molecule has 3 N–H and O–H groups in total. The van der Waals surface area contributed by atoms with E-state index in [1.165, 1.54) is 6.33 Å². The zero-order chi connectivity index (χ0) is 28.2. The number of hydrogen-bond acceptors (Lipinski definition) is 9. The molecule has 0 aromatic carbocycles. The average molecular weight is 535 g/mol. The van der Waals surface area contributed by atoms with Crippen LogP contribution in [0.1, 0.15) is 55.1 Å². The van der Waals surface area contributed by atoms with E-state index in [-0.39, 0.29) is 37.1 Å². The van der Waals surface area contributed by atoms with Gasteiger partial charge in [-0.25, -0.2) is 24.5 Å². The molecule has 39 heavy (non-hydrogen) atoms. The number of aromatic amines is 1. The van der Waals surface area contributed by atoms with Gasteiger partial charge in [-0.3, -0.25) is 4.79 Å². The van der Waals surface area contributed by atoms with Crippen LogP contribution < -0.4 is 15.4 Å². The first-order chi connectivity index (χ1) is 18.6. The summed E-state index contributed by atoms with van der Waals surface area (Å²) >= 11 is 0. The van der Waals surface area contributed by atoms with Crippen LogP contribution in [0.4, 0.5) is 10.5 Å². The molecule has 0 radical (unpaired) electrons. The second-order valence-corrected chi connectivity index (χ2v) is 9.62. The predicted molar refractivity (Wildman–Crippen MR) is 143 cm³/mol. The van der Waals surface area contributed by atoms with E-state index in [1.807, 2.05) is 6.92 Å². The van der Waals surface area contributed by atoms with Gasteiger partial charge in [0.2, 0.25) is 5.88 Å². The first-order valence-electron chi connectivity index (χ1n) is 12.4. The van der Waals surface area contributed by atoms with Gasteiger partial charge < -0.3 is 29.8 Å². The van der Waals surface area contributed by atoms with Crippen LogP contribution >= 0.6 is 0 Å². The fraction of sp³-hybridized carbons (Fsp3) is 0.333. The minimum Gasteiger partial charge on any atom is -0.475 e. The molecule has 0 atom stereocenters. The number of hydrogen-bond donors (Lipinski definition) is 3. The smallest absolute Gasteiger partial charge is 0.407 e. The number of carbonyl (C=O) groups excluding carboxylic acids is 3. The van der Waals surface area contributed by atoms with E-state index >= 15 is 0 Å². The van der Waals surface area contributed by atoms with E-state index in [4.69, 9.17) is 19.2 Å². The number of H-pyrrole nitrogens is 1. The number of carbonyl (C=O) groups is 3. The lowest BCUT2D eigenvalue weighted by molar-refractivity contribution is -0.110. The van der Waals surface area contributed by atoms with E-state index in [0.717, 1.165) is 5.69 Å². The fourth-order valence-corrected chi connectivity index (χ4v) is 3.82. The van der Waals surface area contributed by atoms with Crippen molar-refractivity contribution in [2.24, 2.45) is 0 Å². The van der Waals surface area contributed by atoms with Gasteiger partial charge in [-0.05, 0) is 58.9 Å². The summed E-state index contributed by atoms with van der Waals surface area (Å²) in [6.07, 6.45) is 3.93. The van der Waals surface area contributed by atoms with Crippen LogP contribution in [-0.2, 0) is 14.3 Å². The number of nitrogens with one attached hydrogen (secondary N) is 3. The van der Waals surface area contributed by atoms with Gasteiger partial charge in [-0.15, -0.1) is 0 Å². The first-order valence-corrected chi connectivity index (χ1v) is 12.4. The molecule has 12 nitrogen and oxygen atoms in total. The Morgan fingerprint density at radius 3 is 2.74 bits per heavy atom. The average Bonchev–Trinajstić information content (AvgIpc) is 3.39. The lowest BCUT2D eigenvalue weighted by Gasteiger charge is -2.19. The Labute approximate surface area is 225 Å². The molecule has 0 spiro atoms. The van der Waals surface area contributed by atoms with Crippen molar-refractivity contribution in [3.63, 3.8) is 0 Å². The molecule has 0 unspecified atom stereocenters. The van der Waals surface area contributed by atoms with E-state index in [0.29, 0.717) is 33.9 Å². The molecule has 1 aliphatic rings. The second-order valence-electron chi connectivity index (χ2n) is 9.62. The normalized spacial score (nSPS) is 13.6. The molecule has 0 fully saturated rings. The molecule has 0 aliphatic carbocycles. The quantitative estimate of drug-likeness (QED) is 0.222. The van der Waals surface area contributed by atoms with E-state index in [9.17, 15) is 14.4 Å². The minimum atomic E-state index is -0.604.